The van der Waals surface area contributed by atoms with Gasteiger partial charge >= 0.3 is 5.97 Å². The fraction of sp³-hybridized carbons (Fsp3) is 0.143. The predicted octanol–water partition coefficient (Wildman–Crippen LogP) is 2.50. The monoisotopic (exact) mass is 243 g/mol. The smallest absolute Gasteiger partial charge is 0.354 e. The summed E-state index contributed by atoms with van der Waals surface area (Å²) in [4.78, 5) is 14.5. The maximum absolute atomic E-state index is 10.7. The highest BCUT2D eigenvalue weighted by atomic mass is 16.5. The van der Waals surface area contributed by atoms with Gasteiger partial charge < -0.3 is 9.84 Å². The predicted molar refractivity (Wildman–Crippen MR) is 66.1 cm³/mol. The Morgan fingerprint density at radius 3 is 2.56 bits per heavy atom. The SMILES string of the molecule is O=C(O)c1cc(COCc2ccccc2)ccn1. The molecule has 0 radical (unpaired) electrons. The third-order valence-electron chi connectivity index (χ3n) is 2.42. The van der Waals surface area contributed by atoms with E-state index in [-0.39, 0.29) is 5.69 Å². The van der Waals surface area contributed by atoms with Crippen LogP contribution in [-0.4, -0.2) is 16.1 Å². The first-order valence-electron chi connectivity index (χ1n) is 5.55. The molecule has 18 heavy (non-hydrogen) atoms. The Kier molecular flexibility index (Phi) is 4.04. The highest BCUT2D eigenvalue weighted by Crippen LogP contribution is 2.07. The Labute approximate surface area is 105 Å². The maximum Gasteiger partial charge on any atom is 0.354 e. The summed E-state index contributed by atoms with van der Waals surface area (Å²) in [6.07, 6.45) is 1.48. The molecule has 1 aromatic heterocycles. The molecule has 0 unspecified atom stereocenters. The van der Waals surface area contributed by atoms with Gasteiger partial charge in [0.2, 0.25) is 0 Å². The second-order valence-electron chi connectivity index (χ2n) is 3.83. The number of benzene rings is 1. The molecule has 0 aliphatic heterocycles. The number of carboxylic acid groups (broad SMARTS) is 1. The lowest BCUT2D eigenvalue weighted by atomic mass is 10.2. The zero-order chi connectivity index (χ0) is 12.8. The summed E-state index contributed by atoms with van der Waals surface area (Å²) in [5.74, 6) is -1.03. The highest BCUT2D eigenvalue weighted by Gasteiger charge is 2.04. The van der Waals surface area contributed by atoms with Crippen molar-refractivity contribution in [3.8, 4) is 0 Å². The largest absolute Gasteiger partial charge is 0.477 e. The van der Waals surface area contributed by atoms with Gasteiger partial charge in [-0.3, -0.25) is 0 Å². The van der Waals surface area contributed by atoms with Crippen LogP contribution >= 0.6 is 0 Å². The van der Waals surface area contributed by atoms with Crippen LogP contribution in [0.1, 0.15) is 21.6 Å². The molecule has 4 heteroatoms. The molecule has 1 aromatic carbocycles. The fourth-order valence-electron chi connectivity index (χ4n) is 1.54. The highest BCUT2D eigenvalue weighted by molar-refractivity contribution is 5.85. The number of aromatic carboxylic acids is 1. The van der Waals surface area contributed by atoms with Crippen LogP contribution in [0.3, 0.4) is 0 Å². The van der Waals surface area contributed by atoms with Gasteiger partial charge in [-0.25, -0.2) is 9.78 Å². The van der Waals surface area contributed by atoms with E-state index in [0.29, 0.717) is 13.2 Å². The third-order valence-corrected chi connectivity index (χ3v) is 2.42. The van der Waals surface area contributed by atoms with Gasteiger partial charge in [-0.15, -0.1) is 0 Å². The number of nitrogens with zero attached hydrogens (tertiary/aromatic N) is 1. The molecule has 92 valence electrons. The van der Waals surface area contributed by atoms with Crippen LogP contribution in [0.4, 0.5) is 0 Å². The lowest BCUT2D eigenvalue weighted by Crippen LogP contribution is -2.02. The molecule has 0 bridgehead atoms. The van der Waals surface area contributed by atoms with Crippen molar-refractivity contribution in [2.75, 3.05) is 0 Å². The normalized spacial score (nSPS) is 10.2. The average Bonchev–Trinajstić information content (AvgIpc) is 2.40. The summed E-state index contributed by atoms with van der Waals surface area (Å²) in [5, 5.41) is 8.81. The lowest BCUT2D eigenvalue weighted by Gasteiger charge is -2.05. The summed E-state index contributed by atoms with van der Waals surface area (Å²) < 4.78 is 5.52. The maximum atomic E-state index is 10.7. The van der Waals surface area contributed by atoms with Crippen LogP contribution in [0.5, 0.6) is 0 Å². The van der Waals surface area contributed by atoms with Crippen LogP contribution < -0.4 is 0 Å². The summed E-state index contributed by atoms with van der Waals surface area (Å²) in [5.41, 5.74) is 1.93. The molecular formula is C14H13NO3. The zero-order valence-electron chi connectivity index (χ0n) is 9.74. The quantitative estimate of drug-likeness (QED) is 0.876. The third kappa shape index (κ3) is 3.40. The molecule has 0 aliphatic carbocycles. The van der Waals surface area contributed by atoms with Crippen molar-refractivity contribution in [1.29, 1.82) is 0 Å². The minimum atomic E-state index is -1.03. The van der Waals surface area contributed by atoms with Crippen LogP contribution in [0.2, 0.25) is 0 Å². The van der Waals surface area contributed by atoms with Crippen molar-refractivity contribution < 1.29 is 14.6 Å². The van der Waals surface area contributed by atoms with E-state index in [4.69, 9.17) is 9.84 Å². The fourth-order valence-corrected chi connectivity index (χ4v) is 1.54. The first-order chi connectivity index (χ1) is 8.75. The molecule has 0 atom stereocenters. The van der Waals surface area contributed by atoms with Gasteiger partial charge in [-0.05, 0) is 23.3 Å². The second-order valence-corrected chi connectivity index (χ2v) is 3.83. The summed E-state index contributed by atoms with van der Waals surface area (Å²) >= 11 is 0. The topological polar surface area (TPSA) is 59.4 Å². The van der Waals surface area contributed by atoms with Gasteiger partial charge in [0.15, 0.2) is 0 Å². The van der Waals surface area contributed by atoms with Crippen LogP contribution in [0.25, 0.3) is 0 Å². The van der Waals surface area contributed by atoms with E-state index in [2.05, 4.69) is 4.98 Å². The van der Waals surface area contributed by atoms with E-state index in [1.54, 1.807) is 6.07 Å². The molecule has 0 spiro atoms. The molecule has 0 fully saturated rings. The van der Waals surface area contributed by atoms with Crippen molar-refractivity contribution in [1.82, 2.24) is 4.98 Å². The molecular weight excluding hydrogens is 230 g/mol. The van der Waals surface area contributed by atoms with Crippen molar-refractivity contribution in [2.24, 2.45) is 0 Å². The van der Waals surface area contributed by atoms with Gasteiger partial charge in [-0.1, -0.05) is 30.3 Å². The van der Waals surface area contributed by atoms with E-state index in [1.165, 1.54) is 12.3 Å². The van der Waals surface area contributed by atoms with E-state index in [9.17, 15) is 4.79 Å². The minimum absolute atomic E-state index is 0.0378. The lowest BCUT2D eigenvalue weighted by molar-refractivity contribution is 0.0689. The van der Waals surface area contributed by atoms with Gasteiger partial charge in [0.05, 0.1) is 13.2 Å². The van der Waals surface area contributed by atoms with Crippen molar-refractivity contribution >= 4 is 5.97 Å². The van der Waals surface area contributed by atoms with Gasteiger partial charge in [0.1, 0.15) is 5.69 Å². The number of pyridine rings is 1. The zero-order valence-corrected chi connectivity index (χ0v) is 9.74. The molecule has 4 nitrogen and oxygen atoms in total. The summed E-state index contributed by atoms with van der Waals surface area (Å²) in [7, 11) is 0. The average molecular weight is 243 g/mol. The van der Waals surface area contributed by atoms with E-state index in [0.717, 1.165) is 11.1 Å². The molecule has 2 aromatic rings. The number of carboxylic acids is 1. The van der Waals surface area contributed by atoms with Crippen LogP contribution in [0, 0.1) is 0 Å². The number of rotatable bonds is 5. The van der Waals surface area contributed by atoms with E-state index >= 15 is 0 Å². The first-order valence-corrected chi connectivity index (χ1v) is 5.55. The van der Waals surface area contributed by atoms with E-state index < -0.39 is 5.97 Å². The van der Waals surface area contributed by atoms with Crippen molar-refractivity contribution in [3.05, 3.63) is 65.5 Å². The Bertz CT molecular complexity index is 526. The molecule has 1 N–H and O–H groups in total. The van der Waals surface area contributed by atoms with Gasteiger partial charge in [0.25, 0.3) is 0 Å². The van der Waals surface area contributed by atoms with Crippen molar-refractivity contribution in [3.63, 3.8) is 0 Å². The Balaban J connectivity index is 1.90. The van der Waals surface area contributed by atoms with Crippen LogP contribution in [0.15, 0.2) is 48.7 Å². The number of carbonyl (C=O) groups is 1. The summed E-state index contributed by atoms with van der Waals surface area (Å²) in [6.45, 7) is 0.878. The number of ether oxygens (including phenoxy) is 1. The first kappa shape index (κ1) is 12.3. The second kappa shape index (κ2) is 5.93. The van der Waals surface area contributed by atoms with Crippen molar-refractivity contribution in [2.45, 2.75) is 13.2 Å². The molecule has 0 amide bonds. The Morgan fingerprint density at radius 2 is 1.83 bits per heavy atom. The van der Waals surface area contributed by atoms with Gasteiger partial charge in [0, 0.05) is 6.20 Å². The standard InChI is InChI=1S/C14H13NO3/c16-14(17)13-8-12(6-7-15-13)10-18-9-11-4-2-1-3-5-11/h1-8H,9-10H2,(H,16,17). The molecule has 0 aliphatic rings. The summed E-state index contributed by atoms with van der Waals surface area (Å²) in [6, 6.07) is 13.1. The number of aromatic nitrogens is 1. The number of hydrogen-bond donors (Lipinski definition) is 1. The molecule has 0 saturated carbocycles. The van der Waals surface area contributed by atoms with Crippen LogP contribution in [-0.2, 0) is 18.0 Å². The molecule has 2 rings (SSSR count). The molecule has 0 saturated heterocycles. The Hall–Kier alpha value is -2.20. The Morgan fingerprint density at radius 1 is 1.11 bits per heavy atom. The number of hydrogen-bond acceptors (Lipinski definition) is 3. The molecule has 1 heterocycles. The van der Waals surface area contributed by atoms with E-state index in [1.807, 2.05) is 30.3 Å². The minimum Gasteiger partial charge on any atom is -0.477 e. The van der Waals surface area contributed by atoms with Gasteiger partial charge in [-0.2, -0.15) is 0 Å².